The monoisotopic (exact) mass is 210 g/mol. The van der Waals surface area contributed by atoms with Crippen molar-refractivity contribution in [2.45, 2.75) is 38.0 Å². The van der Waals surface area contributed by atoms with Crippen molar-refractivity contribution in [2.24, 2.45) is 0 Å². The minimum Gasteiger partial charge on any atom is -0.508 e. The summed E-state index contributed by atoms with van der Waals surface area (Å²) >= 11 is 6.10. The van der Waals surface area contributed by atoms with Crippen LogP contribution < -0.4 is 0 Å². The smallest absolute Gasteiger partial charge is 0.120 e. The van der Waals surface area contributed by atoms with Crippen molar-refractivity contribution in [3.8, 4) is 5.75 Å². The second-order valence-corrected chi connectivity index (χ2v) is 4.41. The first-order chi connectivity index (χ1) is 6.79. The molecule has 2 rings (SSSR count). The molecule has 1 N–H and O–H groups in total. The Balaban J connectivity index is 2.29. The molecule has 1 aromatic carbocycles. The number of hydrogen-bond donors (Lipinski definition) is 1. The normalized spacial score (nSPS) is 18.4. The molecule has 0 unspecified atom stereocenters. The first-order valence-electron chi connectivity index (χ1n) is 5.26. The highest BCUT2D eigenvalue weighted by Crippen LogP contribution is 2.40. The number of phenolic OH excluding ortho intramolecular Hbond substituents is 1. The first-order valence-corrected chi connectivity index (χ1v) is 5.64. The maximum Gasteiger partial charge on any atom is 0.120 e. The Morgan fingerprint density at radius 1 is 1.14 bits per heavy atom. The lowest BCUT2D eigenvalue weighted by Crippen LogP contribution is -2.05. The van der Waals surface area contributed by atoms with Crippen LogP contribution in [-0.2, 0) is 0 Å². The van der Waals surface area contributed by atoms with Gasteiger partial charge in [-0.1, -0.05) is 36.9 Å². The Morgan fingerprint density at radius 3 is 2.50 bits per heavy atom. The summed E-state index contributed by atoms with van der Waals surface area (Å²) in [5.74, 6) is 0.835. The van der Waals surface area contributed by atoms with Crippen molar-refractivity contribution in [3.05, 3.63) is 28.8 Å². The molecule has 0 bridgehead atoms. The molecule has 0 aliphatic heterocycles. The predicted molar refractivity (Wildman–Crippen MR) is 58.9 cm³/mol. The van der Waals surface area contributed by atoms with Crippen molar-refractivity contribution in [2.75, 3.05) is 0 Å². The zero-order chi connectivity index (χ0) is 9.97. The number of phenols is 1. The molecule has 2 heteroatoms. The lowest BCUT2D eigenvalue weighted by atomic mass is 9.84. The van der Waals surface area contributed by atoms with Crippen LogP contribution in [0.4, 0.5) is 0 Å². The highest BCUT2D eigenvalue weighted by atomic mass is 35.5. The SMILES string of the molecule is Oc1cccc(Cl)c1C1CCCCC1. The minimum atomic E-state index is 0.365. The van der Waals surface area contributed by atoms with Gasteiger partial charge < -0.3 is 5.11 Å². The van der Waals surface area contributed by atoms with Gasteiger partial charge in [0.2, 0.25) is 0 Å². The lowest BCUT2D eigenvalue weighted by Gasteiger charge is -2.23. The summed E-state index contributed by atoms with van der Waals surface area (Å²) in [5, 5.41) is 10.5. The third kappa shape index (κ3) is 1.88. The zero-order valence-electron chi connectivity index (χ0n) is 8.17. The number of halogens is 1. The fourth-order valence-corrected chi connectivity index (χ4v) is 2.64. The van der Waals surface area contributed by atoms with Crippen molar-refractivity contribution < 1.29 is 5.11 Å². The lowest BCUT2D eigenvalue weighted by molar-refractivity contribution is 0.414. The summed E-state index contributed by atoms with van der Waals surface area (Å²) in [6, 6.07) is 5.39. The van der Waals surface area contributed by atoms with Crippen LogP contribution in [0.5, 0.6) is 5.75 Å². The van der Waals surface area contributed by atoms with E-state index in [0.717, 1.165) is 23.4 Å². The molecule has 0 amide bonds. The van der Waals surface area contributed by atoms with Crippen LogP contribution in [0.1, 0.15) is 43.6 Å². The third-order valence-electron chi connectivity index (χ3n) is 3.04. The molecule has 1 aliphatic carbocycles. The van der Waals surface area contributed by atoms with Gasteiger partial charge in [0, 0.05) is 10.6 Å². The van der Waals surface area contributed by atoms with E-state index in [9.17, 15) is 5.11 Å². The Kier molecular flexibility index (Phi) is 2.97. The molecule has 0 saturated heterocycles. The quantitative estimate of drug-likeness (QED) is 0.740. The number of benzene rings is 1. The van der Waals surface area contributed by atoms with Gasteiger partial charge in [0.15, 0.2) is 0 Å². The van der Waals surface area contributed by atoms with E-state index in [1.807, 2.05) is 6.07 Å². The van der Waals surface area contributed by atoms with Gasteiger partial charge in [-0.15, -0.1) is 0 Å². The van der Waals surface area contributed by atoms with Gasteiger partial charge in [-0.05, 0) is 30.9 Å². The Hall–Kier alpha value is -0.690. The molecule has 1 aromatic rings. The average molecular weight is 211 g/mol. The fourth-order valence-electron chi connectivity index (χ4n) is 2.32. The summed E-state index contributed by atoms with van der Waals surface area (Å²) < 4.78 is 0. The van der Waals surface area contributed by atoms with Gasteiger partial charge in [-0.3, -0.25) is 0 Å². The molecule has 0 radical (unpaired) electrons. The van der Waals surface area contributed by atoms with Crippen LogP contribution in [0.3, 0.4) is 0 Å². The minimum absolute atomic E-state index is 0.365. The molecule has 0 heterocycles. The number of hydrogen-bond acceptors (Lipinski definition) is 1. The van der Waals surface area contributed by atoms with E-state index < -0.39 is 0 Å². The average Bonchev–Trinajstić information content (AvgIpc) is 2.19. The molecule has 0 aromatic heterocycles. The van der Waals surface area contributed by atoms with Crippen molar-refractivity contribution in [1.82, 2.24) is 0 Å². The van der Waals surface area contributed by atoms with Gasteiger partial charge in [-0.25, -0.2) is 0 Å². The highest BCUT2D eigenvalue weighted by Gasteiger charge is 2.20. The molecule has 76 valence electrons. The molecule has 0 atom stereocenters. The van der Waals surface area contributed by atoms with Crippen LogP contribution >= 0.6 is 11.6 Å². The maximum absolute atomic E-state index is 9.76. The largest absolute Gasteiger partial charge is 0.508 e. The summed E-state index contributed by atoms with van der Waals surface area (Å²) in [5.41, 5.74) is 0.967. The second kappa shape index (κ2) is 4.22. The van der Waals surface area contributed by atoms with E-state index in [1.165, 1.54) is 19.3 Å². The van der Waals surface area contributed by atoms with Crippen LogP contribution in [0, 0.1) is 0 Å². The maximum atomic E-state index is 9.76. The van der Waals surface area contributed by atoms with Gasteiger partial charge in [0.25, 0.3) is 0 Å². The Bertz CT molecular complexity index is 296. The van der Waals surface area contributed by atoms with Crippen LogP contribution in [0.15, 0.2) is 18.2 Å². The molecule has 1 saturated carbocycles. The van der Waals surface area contributed by atoms with Gasteiger partial charge in [-0.2, -0.15) is 0 Å². The molecule has 1 aliphatic rings. The molecule has 0 spiro atoms. The summed E-state index contributed by atoms with van der Waals surface area (Å²) in [7, 11) is 0. The van der Waals surface area contributed by atoms with Crippen molar-refractivity contribution in [1.29, 1.82) is 0 Å². The second-order valence-electron chi connectivity index (χ2n) is 4.01. The van der Waals surface area contributed by atoms with E-state index >= 15 is 0 Å². The predicted octanol–water partition coefficient (Wildman–Crippen LogP) is 4.09. The molecule has 1 fully saturated rings. The van der Waals surface area contributed by atoms with Gasteiger partial charge in [0.1, 0.15) is 5.75 Å². The van der Waals surface area contributed by atoms with Crippen LogP contribution in [0.25, 0.3) is 0 Å². The van der Waals surface area contributed by atoms with E-state index in [4.69, 9.17) is 11.6 Å². The Morgan fingerprint density at radius 2 is 1.86 bits per heavy atom. The van der Waals surface area contributed by atoms with Gasteiger partial charge >= 0.3 is 0 Å². The van der Waals surface area contributed by atoms with E-state index in [2.05, 4.69) is 0 Å². The molecule has 14 heavy (non-hydrogen) atoms. The number of rotatable bonds is 1. The van der Waals surface area contributed by atoms with Crippen molar-refractivity contribution in [3.63, 3.8) is 0 Å². The first kappa shape index (κ1) is 9.85. The molecule has 1 nitrogen and oxygen atoms in total. The fraction of sp³-hybridized carbons (Fsp3) is 0.500. The van der Waals surface area contributed by atoms with E-state index in [1.54, 1.807) is 12.1 Å². The van der Waals surface area contributed by atoms with E-state index in [0.29, 0.717) is 11.7 Å². The summed E-state index contributed by atoms with van der Waals surface area (Å²) in [4.78, 5) is 0. The number of aromatic hydroxyl groups is 1. The third-order valence-corrected chi connectivity index (χ3v) is 3.37. The topological polar surface area (TPSA) is 20.2 Å². The molecular formula is C12H15ClO. The highest BCUT2D eigenvalue weighted by molar-refractivity contribution is 6.31. The van der Waals surface area contributed by atoms with Gasteiger partial charge in [0.05, 0.1) is 0 Å². The zero-order valence-corrected chi connectivity index (χ0v) is 8.93. The van der Waals surface area contributed by atoms with Crippen LogP contribution in [-0.4, -0.2) is 5.11 Å². The Labute approximate surface area is 89.7 Å². The molecular weight excluding hydrogens is 196 g/mol. The van der Waals surface area contributed by atoms with Crippen molar-refractivity contribution >= 4 is 11.6 Å². The standard InChI is InChI=1S/C12H15ClO/c13-10-7-4-8-11(14)12(10)9-5-2-1-3-6-9/h4,7-9,14H,1-3,5-6H2. The van der Waals surface area contributed by atoms with Crippen LogP contribution in [0.2, 0.25) is 5.02 Å². The summed E-state index contributed by atoms with van der Waals surface area (Å²) in [6.07, 6.45) is 6.17. The summed E-state index contributed by atoms with van der Waals surface area (Å²) in [6.45, 7) is 0. The van der Waals surface area contributed by atoms with E-state index in [-0.39, 0.29) is 0 Å².